The van der Waals surface area contributed by atoms with Gasteiger partial charge in [0, 0.05) is 44.3 Å². The van der Waals surface area contributed by atoms with E-state index in [-0.39, 0.29) is 5.91 Å². The molecule has 2 fully saturated rings. The van der Waals surface area contributed by atoms with Gasteiger partial charge in [0.1, 0.15) is 0 Å². The first kappa shape index (κ1) is 17.6. The molecule has 2 aromatic rings. The molecule has 1 aromatic carbocycles. The smallest absolute Gasteiger partial charge is 0.224 e. The topological polar surface area (TPSA) is 28.5 Å². The molecule has 4 heteroatoms. The summed E-state index contributed by atoms with van der Waals surface area (Å²) in [5.41, 5.74) is 1.22. The van der Waals surface area contributed by atoms with Crippen molar-refractivity contribution in [3.05, 3.63) is 36.5 Å². The van der Waals surface area contributed by atoms with Gasteiger partial charge in [-0.3, -0.25) is 4.79 Å². The van der Waals surface area contributed by atoms with Gasteiger partial charge in [-0.15, -0.1) is 0 Å². The molecule has 140 valence electrons. The van der Waals surface area contributed by atoms with Crippen LogP contribution in [-0.4, -0.2) is 53.0 Å². The molecule has 2 saturated heterocycles. The zero-order valence-corrected chi connectivity index (χ0v) is 15.9. The maximum atomic E-state index is 12.7. The Kier molecular flexibility index (Phi) is 5.30. The highest BCUT2D eigenvalue weighted by Gasteiger charge is 2.33. The van der Waals surface area contributed by atoms with Crippen molar-refractivity contribution in [2.75, 3.05) is 26.7 Å². The maximum absolute atomic E-state index is 12.7. The largest absolute Gasteiger partial charge is 0.347 e. The van der Waals surface area contributed by atoms with Crippen LogP contribution in [0.5, 0.6) is 0 Å². The number of aromatic nitrogens is 1. The molecule has 26 heavy (non-hydrogen) atoms. The molecule has 2 unspecified atom stereocenters. The van der Waals surface area contributed by atoms with Gasteiger partial charge in [-0.05, 0) is 62.2 Å². The molecule has 2 atom stereocenters. The van der Waals surface area contributed by atoms with Gasteiger partial charge in [0.2, 0.25) is 5.91 Å². The normalized spacial score (nSPS) is 23.7. The van der Waals surface area contributed by atoms with Crippen LogP contribution in [0.25, 0.3) is 10.9 Å². The molecule has 0 N–H and O–H groups in total. The van der Waals surface area contributed by atoms with Gasteiger partial charge < -0.3 is 14.4 Å². The molecular formula is C22H31N3O. The maximum Gasteiger partial charge on any atom is 0.224 e. The number of amides is 1. The highest BCUT2D eigenvalue weighted by atomic mass is 16.2. The zero-order valence-electron chi connectivity index (χ0n) is 15.9. The molecule has 1 amide bonds. The van der Waals surface area contributed by atoms with Crippen molar-refractivity contribution in [3.8, 4) is 0 Å². The number of benzene rings is 1. The van der Waals surface area contributed by atoms with E-state index in [2.05, 4.69) is 46.0 Å². The fourth-order valence-electron chi connectivity index (χ4n) is 4.99. The van der Waals surface area contributed by atoms with Crippen LogP contribution in [0.15, 0.2) is 36.5 Å². The van der Waals surface area contributed by atoms with Crippen LogP contribution in [0.1, 0.15) is 38.5 Å². The van der Waals surface area contributed by atoms with Crippen molar-refractivity contribution in [1.29, 1.82) is 0 Å². The molecule has 3 heterocycles. The van der Waals surface area contributed by atoms with Crippen molar-refractivity contribution in [1.82, 2.24) is 14.4 Å². The minimum absolute atomic E-state index is 0.274. The van der Waals surface area contributed by atoms with E-state index in [1.165, 1.54) is 56.1 Å². The Morgan fingerprint density at radius 3 is 2.88 bits per heavy atom. The molecule has 4 nitrogen and oxygen atoms in total. The van der Waals surface area contributed by atoms with Crippen LogP contribution in [0.4, 0.5) is 0 Å². The fraction of sp³-hybridized carbons (Fsp3) is 0.591. The lowest BCUT2D eigenvalue weighted by molar-refractivity contribution is -0.131. The summed E-state index contributed by atoms with van der Waals surface area (Å²) in [4.78, 5) is 17.4. The van der Waals surface area contributed by atoms with Crippen molar-refractivity contribution in [2.24, 2.45) is 5.92 Å². The number of carbonyl (C=O) groups excluding carboxylic acids is 1. The van der Waals surface area contributed by atoms with Gasteiger partial charge in [-0.25, -0.2) is 0 Å². The second kappa shape index (κ2) is 7.83. The second-order valence-electron chi connectivity index (χ2n) is 8.09. The number of fused-ring (bicyclic) bond motifs is 2. The number of hydrogen-bond donors (Lipinski definition) is 0. The highest BCUT2D eigenvalue weighted by molar-refractivity contribution is 5.80. The summed E-state index contributed by atoms with van der Waals surface area (Å²) < 4.78 is 2.20. The zero-order chi connectivity index (χ0) is 17.9. The molecule has 0 radical (unpaired) electrons. The predicted octanol–water partition coefficient (Wildman–Crippen LogP) is 3.75. The summed E-state index contributed by atoms with van der Waals surface area (Å²) in [6, 6.07) is 11.2. The minimum Gasteiger partial charge on any atom is -0.347 e. The quantitative estimate of drug-likeness (QED) is 0.819. The third-order valence-electron chi connectivity index (χ3n) is 6.41. The fourth-order valence-corrected chi connectivity index (χ4v) is 4.99. The van der Waals surface area contributed by atoms with Gasteiger partial charge in [0.25, 0.3) is 0 Å². The lowest BCUT2D eigenvalue weighted by Gasteiger charge is -2.45. The van der Waals surface area contributed by atoms with Crippen molar-refractivity contribution >= 4 is 16.8 Å². The van der Waals surface area contributed by atoms with E-state index >= 15 is 0 Å². The number of rotatable bonds is 5. The van der Waals surface area contributed by atoms with Gasteiger partial charge in [0.05, 0.1) is 0 Å². The van der Waals surface area contributed by atoms with E-state index in [4.69, 9.17) is 0 Å². The summed E-state index contributed by atoms with van der Waals surface area (Å²) in [6.45, 7) is 4.21. The molecule has 0 bridgehead atoms. The third kappa shape index (κ3) is 3.66. The molecule has 0 spiro atoms. The average Bonchev–Trinajstić information content (AvgIpc) is 3.09. The average molecular weight is 354 g/mol. The summed E-state index contributed by atoms with van der Waals surface area (Å²) in [5, 5.41) is 1.24. The number of nitrogens with zero attached hydrogens (tertiary/aromatic N) is 3. The number of carbonyl (C=O) groups is 1. The predicted molar refractivity (Wildman–Crippen MR) is 106 cm³/mol. The monoisotopic (exact) mass is 353 g/mol. The lowest BCUT2D eigenvalue weighted by atomic mass is 9.83. The van der Waals surface area contributed by atoms with Crippen LogP contribution < -0.4 is 0 Å². The Balaban J connectivity index is 1.33. The number of para-hydroxylation sites is 1. The van der Waals surface area contributed by atoms with Crippen LogP contribution in [-0.2, 0) is 11.3 Å². The molecule has 1 aromatic heterocycles. The van der Waals surface area contributed by atoms with Crippen molar-refractivity contribution in [2.45, 2.75) is 51.1 Å². The molecule has 4 rings (SSSR count). The first-order valence-corrected chi connectivity index (χ1v) is 10.2. The van der Waals surface area contributed by atoms with E-state index < -0.39 is 0 Å². The van der Waals surface area contributed by atoms with Crippen LogP contribution >= 0.6 is 0 Å². The van der Waals surface area contributed by atoms with Crippen LogP contribution in [0, 0.1) is 5.92 Å². The summed E-state index contributed by atoms with van der Waals surface area (Å²) in [7, 11) is 2.00. The molecule has 0 saturated carbocycles. The molecule has 2 aliphatic rings. The van der Waals surface area contributed by atoms with Gasteiger partial charge in [0.15, 0.2) is 0 Å². The van der Waals surface area contributed by atoms with Gasteiger partial charge in [-0.1, -0.05) is 24.6 Å². The number of hydrogen-bond acceptors (Lipinski definition) is 2. The number of piperidine rings is 2. The Morgan fingerprint density at radius 1 is 1.12 bits per heavy atom. The highest BCUT2D eigenvalue weighted by Crippen LogP contribution is 2.31. The van der Waals surface area contributed by atoms with Gasteiger partial charge in [-0.2, -0.15) is 0 Å². The van der Waals surface area contributed by atoms with E-state index in [1.54, 1.807) is 0 Å². The first-order valence-electron chi connectivity index (χ1n) is 10.2. The van der Waals surface area contributed by atoms with Crippen LogP contribution in [0.3, 0.4) is 0 Å². The minimum atomic E-state index is 0.274. The lowest BCUT2D eigenvalue weighted by Crippen LogP contribution is -2.51. The van der Waals surface area contributed by atoms with E-state index in [9.17, 15) is 4.79 Å². The molecular weight excluding hydrogens is 322 g/mol. The van der Waals surface area contributed by atoms with Gasteiger partial charge >= 0.3 is 0 Å². The molecule has 0 aliphatic carbocycles. The van der Waals surface area contributed by atoms with E-state index in [0.717, 1.165) is 13.1 Å². The standard InChI is InChI=1S/C22H31N3O/c1-23(17-19-8-6-14-24-13-5-4-10-21(19)24)22(26)12-16-25-15-11-18-7-2-3-9-20(18)25/h2-3,7,9,11,15,19,21H,4-6,8,10,12-14,16-17H2,1H3. The third-order valence-corrected chi connectivity index (χ3v) is 6.41. The summed E-state index contributed by atoms with van der Waals surface area (Å²) >= 11 is 0. The van der Waals surface area contributed by atoms with Crippen LogP contribution in [0.2, 0.25) is 0 Å². The second-order valence-corrected chi connectivity index (χ2v) is 8.09. The summed E-state index contributed by atoms with van der Waals surface area (Å²) in [5.74, 6) is 0.932. The molecule has 2 aliphatic heterocycles. The van der Waals surface area contributed by atoms with E-state index in [0.29, 0.717) is 18.4 Å². The SMILES string of the molecule is CN(CC1CCCN2CCCCC12)C(=O)CCn1ccc2ccccc21. The Hall–Kier alpha value is -1.81. The summed E-state index contributed by atoms with van der Waals surface area (Å²) in [6.07, 6.45) is 9.27. The van der Waals surface area contributed by atoms with Crippen molar-refractivity contribution < 1.29 is 4.79 Å². The Labute approximate surface area is 156 Å². The Morgan fingerprint density at radius 2 is 1.96 bits per heavy atom. The van der Waals surface area contributed by atoms with E-state index in [1.807, 2.05) is 11.9 Å². The van der Waals surface area contributed by atoms with Crippen molar-refractivity contribution in [3.63, 3.8) is 0 Å². The number of aryl methyl sites for hydroxylation is 1. The Bertz CT molecular complexity index is 751. The first-order chi connectivity index (χ1) is 12.7.